The van der Waals surface area contributed by atoms with Crippen LogP contribution in [-0.4, -0.2) is 47.9 Å². The zero-order valence-corrected chi connectivity index (χ0v) is 15.2. The van der Waals surface area contributed by atoms with Gasteiger partial charge in [-0.15, -0.1) is 12.4 Å². The molecule has 1 aliphatic carbocycles. The van der Waals surface area contributed by atoms with Gasteiger partial charge in [0.25, 0.3) is 0 Å². The van der Waals surface area contributed by atoms with Crippen LogP contribution < -0.4 is 5.73 Å². The highest BCUT2D eigenvalue weighted by atomic mass is 35.5. The second-order valence-electron chi connectivity index (χ2n) is 6.73. The Kier molecular flexibility index (Phi) is 5.13. The monoisotopic (exact) mass is 357 g/mol. The van der Waals surface area contributed by atoms with Crippen molar-refractivity contribution < 1.29 is 4.79 Å². The van der Waals surface area contributed by atoms with Gasteiger partial charge in [-0.2, -0.15) is 0 Å². The number of amides is 1. The van der Waals surface area contributed by atoms with Crippen LogP contribution in [0, 0.1) is 0 Å². The summed E-state index contributed by atoms with van der Waals surface area (Å²) in [5, 5.41) is 0. The molecule has 0 spiro atoms. The van der Waals surface area contributed by atoms with Crippen LogP contribution in [0.15, 0.2) is 48.5 Å². The fraction of sp³-hybridized carbons (Fsp3) is 0.350. The number of nitrogens with two attached hydrogens (primary N) is 1. The smallest absolute Gasteiger partial charge is 0.239 e. The van der Waals surface area contributed by atoms with E-state index in [0.717, 1.165) is 26.2 Å². The van der Waals surface area contributed by atoms with Crippen molar-refractivity contribution in [2.75, 3.05) is 26.2 Å². The molecule has 1 amide bonds. The molecule has 1 heterocycles. The first-order valence-corrected chi connectivity index (χ1v) is 8.63. The maximum Gasteiger partial charge on any atom is 0.239 e. The van der Waals surface area contributed by atoms with Crippen LogP contribution >= 0.6 is 12.4 Å². The quantitative estimate of drug-likeness (QED) is 0.899. The van der Waals surface area contributed by atoms with E-state index in [2.05, 4.69) is 53.4 Å². The molecule has 25 heavy (non-hydrogen) atoms. The average Bonchev–Trinajstić information content (AvgIpc) is 2.96. The topological polar surface area (TPSA) is 49.6 Å². The molecule has 0 saturated carbocycles. The standard InChI is InChI=1S/C20H23N3O.ClH/c1-14(21)20(24)23-12-10-22(11-13-23)19-17-8-4-2-6-15(17)16-7-3-5-9-18(16)19;/h2-9,14,19H,10-13,21H2,1H3;1H. The van der Waals surface area contributed by atoms with E-state index in [1.807, 2.05) is 4.90 Å². The summed E-state index contributed by atoms with van der Waals surface area (Å²) in [5.41, 5.74) is 11.2. The van der Waals surface area contributed by atoms with Gasteiger partial charge >= 0.3 is 0 Å². The Bertz CT molecular complexity index is 724. The molecule has 1 atom stereocenters. The lowest BCUT2D eigenvalue weighted by Crippen LogP contribution is -2.53. The highest BCUT2D eigenvalue weighted by Crippen LogP contribution is 2.46. The normalized spacial score (nSPS) is 18.2. The van der Waals surface area contributed by atoms with Crippen LogP contribution in [0.2, 0.25) is 0 Å². The molecule has 4 nitrogen and oxygen atoms in total. The number of hydrogen-bond donors (Lipinski definition) is 1. The number of carbonyl (C=O) groups is 1. The highest BCUT2D eigenvalue weighted by molar-refractivity contribution is 5.85. The summed E-state index contributed by atoms with van der Waals surface area (Å²) in [6.07, 6.45) is 0. The maximum absolute atomic E-state index is 12.1. The van der Waals surface area contributed by atoms with Gasteiger partial charge in [-0.05, 0) is 29.2 Å². The third kappa shape index (κ3) is 3.06. The second kappa shape index (κ2) is 7.16. The Morgan fingerprint density at radius 1 is 0.960 bits per heavy atom. The molecular formula is C20H24ClN3O. The molecule has 2 aromatic rings. The molecule has 1 aliphatic heterocycles. The first kappa shape index (κ1) is 17.9. The number of hydrogen-bond acceptors (Lipinski definition) is 3. The lowest BCUT2D eigenvalue weighted by Gasteiger charge is -2.39. The fourth-order valence-corrected chi connectivity index (χ4v) is 4.01. The van der Waals surface area contributed by atoms with Crippen LogP contribution in [0.4, 0.5) is 0 Å². The molecule has 2 aliphatic rings. The molecule has 1 fully saturated rings. The number of benzene rings is 2. The van der Waals surface area contributed by atoms with Crippen molar-refractivity contribution in [3.05, 3.63) is 59.7 Å². The molecule has 5 heteroatoms. The van der Waals surface area contributed by atoms with E-state index in [1.165, 1.54) is 22.3 Å². The van der Waals surface area contributed by atoms with Gasteiger partial charge < -0.3 is 10.6 Å². The van der Waals surface area contributed by atoms with Crippen LogP contribution in [0.1, 0.15) is 24.1 Å². The third-order valence-corrected chi connectivity index (χ3v) is 5.18. The average molecular weight is 358 g/mol. The summed E-state index contributed by atoms with van der Waals surface area (Å²) in [6.45, 7) is 5.03. The van der Waals surface area contributed by atoms with Crippen molar-refractivity contribution >= 4 is 18.3 Å². The van der Waals surface area contributed by atoms with E-state index in [-0.39, 0.29) is 18.3 Å². The number of piperazine rings is 1. The Balaban J connectivity index is 0.00000182. The van der Waals surface area contributed by atoms with Crippen LogP contribution in [0.3, 0.4) is 0 Å². The van der Waals surface area contributed by atoms with Crippen molar-refractivity contribution in [3.63, 3.8) is 0 Å². The van der Waals surface area contributed by atoms with Gasteiger partial charge in [-0.3, -0.25) is 9.69 Å². The highest BCUT2D eigenvalue weighted by Gasteiger charge is 2.34. The van der Waals surface area contributed by atoms with Gasteiger partial charge in [0, 0.05) is 26.2 Å². The van der Waals surface area contributed by atoms with E-state index >= 15 is 0 Å². The molecule has 132 valence electrons. The summed E-state index contributed by atoms with van der Waals surface area (Å²) in [6, 6.07) is 17.2. The maximum atomic E-state index is 12.1. The molecule has 1 saturated heterocycles. The zero-order chi connectivity index (χ0) is 16.7. The number of carbonyl (C=O) groups excluding carboxylic acids is 1. The van der Waals surface area contributed by atoms with Crippen LogP contribution in [0.25, 0.3) is 11.1 Å². The van der Waals surface area contributed by atoms with Gasteiger partial charge in [0.1, 0.15) is 0 Å². The summed E-state index contributed by atoms with van der Waals surface area (Å²) < 4.78 is 0. The Hall–Kier alpha value is -1.88. The molecule has 0 bridgehead atoms. The summed E-state index contributed by atoms with van der Waals surface area (Å²) >= 11 is 0. The minimum atomic E-state index is -0.413. The van der Waals surface area contributed by atoms with E-state index < -0.39 is 6.04 Å². The number of nitrogens with zero attached hydrogens (tertiary/aromatic N) is 2. The Labute approximate surface area is 155 Å². The first-order chi connectivity index (χ1) is 11.7. The van der Waals surface area contributed by atoms with Gasteiger partial charge in [0.15, 0.2) is 0 Å². The first-order valence-electron chi connectivity index (χ1n) is 8.63. The van der Waals surface area contributed by atoms with E-state index in [4.69, 9.17) is 5.73 Å². The largest absolute Gasteiger partial charge is 0.339 e. The van der Waals surface area contributed by atoms with Gasteiger partial charge in [0.05, 0.1) is 12.1 Å². The number of fused-ring (bicyclic) bond motifs is 3. The fourth-order valence-electron chi connectivity index (χ4n) is 4.01. The predicted octanol–water partition coefficient (Wildman–Crippen LogP) is 2.67. The van der Waals surface area contributed by atoms with Crippen molar-refractivity contribution in [3.8, 4) is 11.1 Å². The summed E-state index contributed by atoms with van der Waals surface area (Å²) in [7, 11) is 0. The lowest BCUT2D eigenvalue weighted by atomic mass is 10.0. The predicted molar refractivity (Wildman–Crippen MR) is 103 cm³/mol. The van der Waals surface area contributed by atoms with Crippen LogP contribution in [0.5, 0.6) is 0 Å². The molecular weight excluding hydrogens is 334 g/mol. The van der Waals surface area contributed by atoms with Crippen molar-refractivity contribution in [2.24, 2.45) is 5.73 Å². The van der Waals surface area contributed by atoms with E-state index in [9.17, 15) is 4.79 Å². The number of halogens is 1. The Morgan fingerprint density at radius 3 is 1.92 bits per heavy atom. The second-order valence-corrected chi connectivity index (χ2v) is 6.73. The molecule has 1 unspecified atom stereocenters. The van der Waals surface area contributed by atoms with Gasteiger partial charge in [-0.1, -0.05) is 48.5 Å². The van der Waals surface area contributed by atoms with Crippen molar-refractivity contribution in [2.45, 2.75) is 19.0 Å². The molecule has 4 rings (SSSR count). The SMILES string of the molecule is CC(N)C(=O)N1CCN(C2c3ccccc3-c3ccccc32)CC1.Cl. The zero-order valence-electron chi connectivity index (χ0n) is 14.4. The summed E-state index contributed by atoms with van der Waals surface area (Å²) in [5.74, 6) is 0.0573. The molecule has 0 aromatic heterocycles. The summed E-state index contributed by atoms with van der Waals surface area (Å²) in [4.78, 5) is 16.5. The molecule has 2 N–H and O–H groups in total. The van der Waals surface area contributed by atoms with Crippen molar-refractivity contribution in [1.29, 1.82) is 0 Å². The van der Waals surface area contributed by atoms with E-state index in [1.54, 1.807) is 6.92 Å². The molecule has 2 aromatic carbocycles. The number of rotatable bonds is 2. The Morgan fingerprint density at radius 2 is 1.44 bits per heavy atom. The lowest BCUT2D eigenvalue weighted by molar-refractivity contribution is -0.134. The minimum absolute atomic E-state index is 0. The minimum Gasteiger partial charge on any atom is -0.339 e. The van der Waals surface area contributed by atoms with Crippen molar-refractivity contribution in [1.82, 2.24) is 9.80 Å². The van der Waals surface area contributed by atoms with Crippen LogP contribution in [-0.2, 0) is 4.79 Å². The van der Waals surface area contributed by atoms with Gasteiger partial charge in [-0.25, -0.2) is 0 Å². The van der Waals surface area contributed by atoms with Gasteiger partial charge in [0.2, 0.25) is 5.91 Å². The molecule has 0 radical (unpaired) electrons. The third-order valence-electron chi connectivity index (χ3n) is 5.18. The van der Waals surface area contributed by atoms with E-state index in [0.29, 0.717) is 6.04 Å².